The maximum atomic E-state index is 12.6. The van der Waals surface area contributed by atoms with Crippen molar-refractivity contribution in [1.82, 2.24) is 4.98 Å². The van der Waals surface area contributed by atoms with Crippen molar-refractivity contribution in [2.75, 3.05) is 6.61 Å². The van der Waals surface area contributed by atoms with E-state index < -0.39 is 18.1 Å². The molecule has 0 aromatic carbocycles. The van der Waals surface area contributed by atoms with Crippen molar-refractivity contribution in [3.8, 4) is 0 Å². The molecule has 1 rings (SSSR count). The molecule has 1 aromatic heterocycles. The SMILES string of the molecule is CCOC(=O)c1cc(Cl)c(I)c(C(F)F)n1. The topological polar surface area (TPSA) is 39.2 Å². The molecule has 16 heavy (non-hydrogen) atoms. The Kier molecular flexibility index (Phi) is 4.85. The van der Waals surface area contributed by atoms with Crippen molar-refractivity contribution in [2.45, 2.75) is 13.3 Å². The standard InChI is InChI=1S/C9H7ClF2INO2/c1-2-16-9(15)5-3-4(10)6(13)7(14-5)8(11)12/h3,8H,2H2,1H3. The zero-order valence-corrected chi connectivity index (χ0v) is 11.1. The summed E-state index contributed by atoms with van der Waals surface area (Å²) in [5.74, 6) is -0.761. The van der Waals surface area contributed by atoms with Crippen LogP contribution >= 0.6 is 34.2 Å². The van der Waals surface area contributed by atoms with Gasteiger partial charge in [-0.05, 0) is 35.6 Å². The molecule has 0 N–H and O–H groups in total. The van der Waals surface area contributed by atoms with Gasteiger partial charge in [-0.3, -0.25) is 0 Å². The van der Waals surface area contributed by atoms with Gasteiger partial charge in [0.2, 0.25) is 0 Å². The number of carbonyl (C=O) groups excluding carboxylic acids is 1. The fourth-order valence-electron chi connectivity index (χ4n) is 0.971. The molecule has 1 heterocycles. The third-order valence-electron chi connectivity index (χ3n) is 1.63. The predicted molar refractivity (Wildman–Crippen MR) is 62.9 cm³/mol. The van der Waals surface area contributed by atoms with Gasteiger partial charge in [-0.2, -0.15) is 0 Å². The lowest BCUT2D eigenvalue weighted by Crippen LogP contribution is -2.10. The van der Waals surface area contributed by atoms with Gasteiger partial charge < -0.3 is 4.74 Å². The van der Waals surface area contributed by atoms with E-state index >= 15 is 0 Å². The summed E-state index contributed by atoms with van der Waals surface area (Å²) in [6.45, 7) is 1.76. The van der Waals surface area contributed by atoms with Gasteiger partial charge in [0.15, 0.2) is 0 Å². The summed E-state index contributed by atoms with van der Waals surface area (Å²) in [5.41, 5.74) is -0.710. The van der Waals surface area contributed by atoms with E-state index in [0.717, 1.165) is 0 Å². The van der Waals surface area contributed by atoms with Gasteiger partial charge in [0.05, 0.1) is 15.2 Å². The van der Waals surface area contributed by atoms with Crippen molar-refractivity contribution >= 4 is 40.2 Å². The normalized spacial score (nSPS) is 10.6. The van der Waals surface area contributed by atoms with Gasteiger partial charge in [-0.15, -0.1) is 0 Å². The number of halogens is 4. The zero-order valence-electron chi connectivity index (χ0n) is 8.14. The second-order valence-corrected chi connectivity index (χ2v) is 4.20. The summed E-state index contributed by atoms with van der Waals surface area (Å²) in [6, 6.07) is 1.22. The van der Waals surface area contributed by atoms with Gasteiger partial charge in [-0.25, -0.2) is 18.6 Å². The Bertz CT molecular complexity index is 415. The average Bonchev–Trinajstić information content (AvgIpc) is 2.21. The highest BCUT2D eigenvalue weighted by Crippen LogP contribution is 2.28. The molecule has 88 valence electrons. The van der Waals surface area contributed by atoms with Crippen LogP contribution in [-0.4, -0.2) is 17.6 Å². The lowest BCUT2D eigenvalue weighted by atomic mass is 10.3. The Morgan fingerprint density at radius 2 is 2.31 bits per heavy atom. The molecule has 0 fully saturated rings. The molecule has 0 unspecified atom stereocenters. The van der Waals surface area contributed by atoms with Crippen molar-refractivity contribution in [3.05, 3.63) is 26.0 Å². The number of carbonyl (C=O) groups is 1. The van der Waals surface area contributed by atoms with Gasteiger partial charge in [0.1, 0.15) is 11.4 Å². The predicted octanol–water partition coefficient (Wildman–Crippen LogP) is 3.45. The lowest BCUT2D eigenvalue weighted by Gasteiger charge is -2.07. The Labute approximate surface area is 109 Å². The molecular formula is C9H7ClF2INO2. The van der Waals surface area contributed by atoms with Crippen molar-refractivity contribution in [2.24, 2.45) is 0 Å². The van der Waals surface area contributed by atoms with E-state index in [1.165, 1.54) is 6.07 Å². The molecule has 0 aliphatic heterocycles. The van der Waals surface area contributed by atoms with Gasteiger partial charge in [0.25, 0.3) is 6.43 Å². The summed E-state index contributed by atoms with van der Waals surface area (Å²) < 4.78 is 29.9. The minimum absolute atomic E-state index is 0.0638. The molecule has 7 heteroatoms. The Hall–Kier alpha value is -0.500. The molecule has 1 aromatic rings. The number of esters is 1. The monoisotopic (exact) mass is 361 g/mol. The highest BCUT2D eigenvalue weighted by molar-refractivity contribution is 14.1. The van der Waals surface area contributed by atoms with Crippen LogP contribution in [0.15, 0.2) is 6.07 Å². The number of hydrogen-bond donors (Lipinski definition) is 0. The van der Waals surface area contributed by atoms with E-state index in [4.69, 9.17) is 11.6 Å². The highest BCUT2D eigenvalue weighted by Gasteiger charge is 2.20. The number of ether oxygens (including phenoxy) is 1. The second kappa shape index (κ2) is 5.72. The van der Waals surface area contributed by atoms with E-state index in [9.17, 15) is 13.6 Å². The summed E-state index contributed by atoms with van der Waals surface area (Å²) in [7, 11) is 0. The van der Waals surface area contributed by atoms with E-state index in [2.05, 4.69) is 9.72 Å². The molecule has 0 bridgehead atoms. The molecule has 0 spiro atoms. The van der Waals surface area contributed by atoms with Crippen LogP contribution in [0.1, 0.15) is 29.5 Å². The third kappa shape index (κ3) is 3.00. The second-order valence-electron chi connectivity index (χ2n) is 2.71. The number of aromatic nitrogens is 1. The van der Waals surface area contributed by atoms with Gasteiger partial charge in [-0.1, -0.05) is 11.6 Å². The fourth-order valence-corrected chi connectivity index (χ4v) is 1.68. The zero-order chi connectivity index (χ0) is 12.3. The summed E-state index contributed by atoms with van der Waals surface area (Å²) in [5, 5.41) is 0.0638. The van der Waals surface area contributed by atoms with Crippen LogP contribution in [0.3, 0.4) is 0 Å². The molecular weight excluding hydrogens is 354 g/mol. The number of rotatable bonds is 3. The summed E-state index contributed by atoms with van der Waals surface area (Å²) >= 11 is 7.37. The molecule has 0 radical (unpaired) electrons. The average molecular weight is 362 g/mol. The van der Waals surface area contributed by atoms with E-state index in [-0.39, 0.29) is 20.9 Å². The summed E-state index contributed by atoms with van der Waals surface area (Å²) in [4.78, 5) is 14.8. The molecule has 0 amide bonds. The van der Waals surface area contributed by atoms with Crippen LogP contribution in [0.25, 0.3) is 0 Å². The maximum absolute atomic E-state index is 12.6. The first-order valence-corrected chi connectivity index (χ1v) is 5.74. The molecule has 0 aliphatic carbocycles. The van der Waals surface area contributed by atoms with Crippen molar-refractivity contribution < 1.29 is 18.3 Å². The Morgan fingerprint density at radius 3 is 2.81 bits per heavy atom. The number of hydrogen-bond acceptors (Lipinski definition) is 3. The van der Waals surface area contributed by atoms with Crippen LogP contribution in [0.4, 0.5) is 8.78 Å². The molecule has 3 nitrogen and oxygen atoms in total. The first-order chi connectivity index (χ1) is 7.47. The molecule has 0 atom stereocenters. The minimum Gasteiger partial charge on any atom is -0.461 e. The fraction of sp³-hybridized carbons (Fsp3) is 0.333. The quantitative estimate of drug-likeness (QED) is 0.611. The van der Waals surface area contributed by atoms with E-state index in [1.807, 2.05) is 0 Å². The lowest BCUT2D eigenvalue weighted by molar-refractivity contribution is 0.0518. The Balaban J connectivity index is 3.18. The van der Waals surface area contributed by atoms with Crippen LogP contribution < -0.4 is 0 Å². The van der Waals surface area contributed by atoms with E-state index in [1.54, 1.807) is 29.5 Å². The van der Waals surface area contributed by atoms with Crippen LogP contribution in [0.5, 0.6) is 0 Å². The summed E-state index contributed by atoms with van der Waals surface area (Å²) in [6.07, 6.45) is -2.78. The number of nitrogens with zero attached hydrogens (tertiary/aromatic N) is 1. The van der Waals surface area contributed by atoms with Crippen LogP contribution in [0.2, 0.25) is 5.02 Å². The molecule has 0 aliphatic rings. The first kappa shape index (κ1) is 13.6. The molecule has 0 saturated heterocycles. The smallest absolute Gasteiger partial charge is 0.356 e. The van der Waals surface area contributed by atoms with Crippen molar-refractivity contribution in [3.63, 3.8) is 0 Å². The van der Waals surface area contributed by atoms with Gasteiger partial charge in [0, 0.05) is 0 Å². The maximum Gasteiger partial charge on any atom is 0.356 e. The number of pyridine rings is 1. The largest absolute Gasteiger partial charge is 0.461 e. The van der Waals surface area contributed by atoms with Crippen LogP contribution in [-0.2, 0) is 4.74 Å². The third-order valence-corrected chi connectivity index (χ3v) is 3.38. The Morgan fingerprint density at radius 1 is 1.69 bits per heavy atom. The van der Waals surface area contributed by atoms with E-state index in [0.29, 0.717) is 0 Å². The highest BCUT2D eigenvalue weighted by atomic mass is 127. The van der Waals surface area contributed by atoms with Gasteiger partial charge >= 0.3 is 5.97 Å². The van der Waals surface area contributed by atoms with Crippen molar-refractivity contribution in [1.29, 1.82) is 0 Å². The first-order valence-electron chi connectivity index (χ1n) is 4.28. The van der Waals surface area contributed by atoms with Crippen LogP contribution in [0, 0.1) is 3.57 Å². The molecule has 0 saturated carbocycles. The minimum atomic E-state index is -2.78. The number of alkyl halides is 2.